The summed E-state index contributed by atoms with van der Waals surface area (Å²) in [5.41, 5.74) is 16.2. The minimum atomic E-state index is -4.67. The maximum Gasteiger partial charge on any atom is 0.268 e. The zero-order chi connectivity index (χ0) is 47.6. The molecule has 5 aliphatic heterocycles. The standard InChI is InChI=1S/C55H69N3O9S/c1-33-7-8-37-26-43-14-16-45(37)47(33)29-49(68(63,64)65)48-28-39-24-38(27-44-23-34(31-60)5-4-6-36-25-42(61)13-15-46(36)51(39)66-44)50(48)35-9-11-40(12-10-35)55(67-43,58-52(56)57)30-41(17-22-59)54(62)21-20-53(32-54)18-2-3-19-53/h9-16,25-26,28,33-34,38,41,44,47-51,59-62H,2-3,5,7-8,17-24,27,29-32H2,1H3,(H4,56,57,58)(H,63,64,65)/t33-,34+,38-,41-,44-,47+,48-,49-,50+,51-,54+,55-/m1/s1. The first kappa shape index (κ1) is 47.3. The van der Waals surface area contributed by atoms with Gasteiger partial charge in [-0.2, -0.15) is 8.42 Å². The summed E-state index contributed by atoms with van der Waals surface area (Å²) in [7, 11) is -4.67. The van der Waals surface area contributed by atoms with Gasteiger partial charge in [-0.3, -0.25) is 4.55 Å². The number of ether oxygens (including phenoxy) is 2. The Morgan fingerprint density at radius 2 is 1.75 bits per heavy atom. The molecule has 0 radical (unpaired) electrons. The number of rotatable bonds is 8. The highest BCUT2D eigenvalue weighted by molar-refractivity contribution is 7.86. The smallest absolute Gasteiger partial charge is 0.268 e. The number of phenols is 1. The molecule has 364 valence electrons. The molecular weight excluding hydrogens is 879 g/mol. The number of benzene rings is 3. The average molecular weight is 948 g/mol. The summed E-state index contributed by atoms with van der Waals surface area (Å²) in [6.45, 7) is 1.96. The van der Waals surface area contributed by atoms with Crippen LogP contribution < -0.4 is 16.2 Å². The molecule has 1 spiro atoms. The van der Waals surface area contributed by atoms with Crippen LogP contribution in [0.4, 0.5) is 0 Å². The van der Waals surface area contributed by atoms with E-state index < -0.39 is 44.6 Å². The first-order valence-corrected chi connectivity index (χ1v) is 26.7. The summed E-state index contributed by atoms with van der Waals surface area (Å²) < 4.78 is 54.4. The minimum absolute atomic E-state index is 0.0721. The summed E-state index contributed by atoms with van der Waals surface area (Å²) in [4.78, 5) is 4.98. The van der Waals surface area contributed by atoms with Crippen LogP contribution in [-0.2, 0) is 27.0 Å². The van der Waals surface area contributed by atoms with E-state index in [2.05, 4.69) is 24.8 Å². The predicted octanol–water partition coefficient (Wildman–Crippen LogP) is 8.02. The normalized spacial score (nSPS) is 34.1. The van der Waals surface area contributed by atoms with Crippen LogP contribution in [0.3, 0.4) is 0 Å². The van der Waals surface area contributed by atoms with Gasteiger partial charge in [0.1, 0.15) is 17.6 Å². The van der Waals surface area contributed by atoms with Gasteiger partial charge in [-0.15, -0.1) is 0 Å². The summed E-state index contributed by atoms with van der Waals surface area (Å²) >= 11 is 0. The van der Waals surface area contributed by atoms with Gasteiger partial charge in [0.15, 0.2) is 5.96 Å². The Morgan fingerprint density at radius 3 is 2.49 bits per heavy atom. The van der Waals surface area contributed by atoms with Gasteiger partial charge < -0.3 is 41.4 Å². The number of aliphatic hydroxyl groups excluding tert-OH is 2. The zero-order valence-corrected chi connectivity index (χ0v) is 40.0. The van der Waals surface area contributed by atoms with Crippen molar-refractivity contribution in [1.82, 2.24) is 0 Å². The van der Waals surface area contributed by atoms with Crippen LogP contribution in [0, 0.1) is 46.8 Å². The van der Waals surface area contributed by atoms with Crippen molar-refractivity contribution in [2.75, 3.05) is 13.2 Å². The fourth-order valence-corrected chi connectivity index (χ4v) is 15.6. The average Bonchev–Trinajstić information content (AvgIpc) is 3.87. The summed E-state index contributed by atoms with van der Waals surface area (Å²) in [5, 5.41) is 43.4. The summed E-state index contributed by atoms with van der Waals surface area (Å²) in [6.07, 6.45) is 12.3. The number of hydrogen-bond acceptors (Lipinski definition) is 9. The van der Waals surface area contributed by atoms with Crippen LogP contribution in [0.1, 0.15) is 155 Å². The fourth-order valence-electron chi connectivity index (χ4n) is 14.5. The van der Waals surface area contributed by atoms with E-state index in [1.54, 1.807) is 12.1 Å². The predicted molar refractivity (Wildman–Crippen MR) is 260 cm³/mol. The second-order valence-corrected chi connectivity index (χ2v) is 23.6. The van der Waals surface area contributed by atoms with Crippen molar-refractivity contribution in [2.45, 2.75) is 150 Å². The zero-order valence-electron chi connectivity index (χ0n) is 39.2. The van der Waals surface area contributed by atoms with Crippen molar-refractivity contribution in [2.24, 2.45) is 51.5 Å². The second kappa shape index (κ2) is 18.4. The number of hydrogen-bond donors (Lipinski definition) is 7. The number of aryl methyl sites for hydroxylation is 1. The lowest BCUT2D eigenvalue weighted by Gasteiger charge is -2.42. The van der Waals surface area contributed by atoms with E-state index in [1.807, 2.05) is 48.5 Å². The van der Waals surface area contributed by atoms with E-state index in [0.717, 1.165) is 72.8 Å². The number of allylic oxidation sites excluding steroid dienone is 1. The maximum atomic E-state index is 14.3. The third-order valence-corrected chi connectivity index (χ3v) is 19.0. The molecule has 13 heteroatoms. The van der Waals surface area contributed by atoms with Crippen LogP contribution in [-0.4, -0.2) is 69.5 Å². The van der Waals surface area contributed by atoms with Crippen LogP contribution >= 0.6 is 0 Å². The lowest BCUT2D eigenvalue weighted by atomic mass is 9.64. The van der Waals surface area contributed by atoms with E-state index in [0.29, 0.717) is 61.8 Å². The van der Waals surface area contributed by atoms with Gasteiger partial charge in [-0.1, -0.05) is 74.1 Å². The monoisotopic (exact) mass is 947 g/mol. The van der Waals surface area contributed by atoms with Crippen LogP contribution in [0.2, 0.25) is 0 Å². The quantitative estimate of drug-likeness (QED) is 0.0377. The largest absolute Gasteiger partial charge is 0.508 e. The first-order valence-electron chi connectivity index (χ1n) is 25.2. The van der Waals surface area contributed by atoms with E-state index in [4.69, 9.17) is 25.9 Å². The summed E-state index contributed by atoms with van der Waals surface area (Å²) in [6, 6.07) is 19.0. The second-order valence-electron chi connectivity index (χ2n) is 22.0. The SMILES string of the molecule is C[C@@H]1CCc2cc3ccc2[C@H]1C[C@@H](S(=O)(=O)O)[C@H]1C=C2C[C@H](C[C@H]4C[C@@H](CO)CC#Cc5cc(O)ccc5[C@@H]2O4)[C@@H]1c1ccc(cc1)[C@](C[C@@H](CCO)[C@]1(O)CCC2(CCCC2)C1)(N=C(N)N)O3. The molecule has 3 aromatic rings. The molecule has 12 rings (SSSR count). The molecule has 12 atom stereocenters. The summed E-state index contributed by atoms with van der Waals surface area (Å²) in [5.74, 6) is 5.07. The third-order valence-electron chi connectivity index (χ3n) is 17.8. The molecule has 68 heavy (non-hydrogen) atoms. The number of nitrogens with zero attached hydrogens (tertiary/aromatic N) is 1. The molecule has 1 saturated heterocycles. The molecule has 0 aromatic heterocycles. The highest BCUT2D eigenvalue weighted by atomic mass is 32.2. The Kier molecular flexibility index (Phi) is 12.8. The van der Waals surface area contributed by atoms with E-state index >= 15 is 0 Å². The molecule has 9 N–H and O–H groups in total. The Bertz CT molecular complexity index is 2610. The molecule has 0 amide bonds. The fraction of sp³-hybridized carbons (Fsp3) is 0.582. The van der Waals surface area contributed by atoms with Crippen LogP contribution in [0.25, 0.3) is 0 Å². The molecule has 2 saturated carbocycles. The van der Waals surface area contributed by atoms with Gasteiger partial charge in [0, 0.05) is 48.7 Å². The highest BCUT2D eigenvalue weighted by Crippen LogP contribution is 2.59. The van der Waals surface area contributed by atoms with E-state index in [-0.39, 0.29) is 78.9 Å². The molecule has 3 fully saturated rings. The Morgan fingerprint density at radius 1 is 0.971 bits per heavy atom. The van der Waals surface area contributed by atoms with Gasteiger partial charge in [-0.25, -0.2) is 4.99 Å². The van der Waals surface area contributed by atoms with Crippen molar-refractivity contribution >= 4 is 16.1 Å². The van der Waals surface area contributed by atoms with E-state index in [1.165, 1.54) is 0 Å². The first-order chi connectivity index (χ1) is 32.6. The van der Waals surface area contributed by atoms with Gasteiger partial charge in [0.25, 0.3) is 10.1 Å². The molecule has 3 aromatic carbocycles. The number of nitrogens with two attached hydrogens (primary N) is 2. The number of aliphatic imine (C=N–C) groups is 1. The number of aliphatic hydroxyl groups is 3. The Balaban J connectivity index is 1.16. The lowest BCUT2D eigenvalue weighted by Crippen LogP contribution is -2.45. The highest BCUT2D eigenvalue weighted by Gasteiger charge is 2.55. The Hall–Kier alpha value is -4.42. The number of fused-ring (bicyclic) bond motifs is 9. The van der Waals surface area contributed by atoms with Gasteiger partial charge >= 0.3 is 0 Å². The molecule has 4 aliphatic carbocycles. The van der Waals surface area contributed by atoms with Crippen molar-refractivity contribution in [3.05, 3.63) is 106 Å². The van der Waals surface area contributed by atoms with Gasteiger partial charge in [0.2, 0.25) is 5.72 Å². The van der Waals surface area contributed by atoms with Crippen molar-refractivity contribution in [1.29, 1.82) is 0 Å². The number of guanidine groups is 1. The van der Waals surface area contributed by atoms with Crippen LogP contribution in [0.5, 0.6) is 11.5 Å². The topological polar surface area (TPSA) is 218 Å². The molecule has 10 bridgehead atoms. The van der Waals surface area contributed by atoms with Crippen molar-refractivity contribution in [3.63, 3.8) is 0 Å². The lowest BCUT2D eigenvalue weighted by molar-refractivity contribution is -0.0668. The van der Waals surface area contributed by atoms with E-state index in [9.17, 15) is 33.4 Å². The minimum Gasteiger partial charge on any atom is -0.508 e. The molecule has 5 heterocycles. The van der Waals surface area contributed by atoms with Gasteiger partial charge in [-0.05, 0) is 165 Å². The molecule has 9 aliphatic rings. The molecule has 12 nitrogen and oxygen atoms in total. The maximum absolute atomic E-state index is 14.3. The van der Waals surface area contributed by atoms with Crippen molar-refractivity contribution in [3.8, 4) is 23.3 Å². The molecule has 0 unspecified atom stereocenters. The molecular formula is C55H69N3O9S. The van der Waals surface area contributed by atoms with Crippen molar-refractivity contribution < 1.29 is 42.9 Å². The van der Waals surface area contributed by atoms with Gasteiger partial charge in [0.05, 0.1) is 17.0 Å². The Labute approximate surface area is 401 Å². The number of aromatic hydroxyl groups is 1. The third kappa shape index (κ3) is 8.99. The van der Waals surface area contributed by atoms with Crippen LogP contribution in [0.15, 0.2) is 77.3 Å². The number of phenolic OH excluding ortho intramolecular Hbond substituents is 1.